The van der Waals surface area contributed by atoms with Gasteiger partial charge in [-0.2, -0.15) is 0 Å². The minimum absolute atomic E-state index is 0.0632. The van der Waals surface area contributed by atoms with Crippen LogP contribution in [0.1, 0.15) is 10.5 Å². The summed E-state index contributed by atoms with van der Waals surface area (Å²) in [7, 11) is 1.56. The number of aromatic nitrogens is 1. The smallest absolute Gasteiger partial charge is 0.352 e. The van der Waals surface area contributed by atoms with Crippen LogP contribution >= 0.6 is 0 Å². The SMILES string of the molecule is COc1ccc2[nH]c(C(=O)O)[c]c2c1. The summed E-state index contributed by atoms with van der Waals surface area (Å²) in [5.41, 5.74) is 0.802. The number of rotatable bonds is 2. The van der Waals surface area contributed by atoms with E-state index in [-0.39, 0.29) is 5.69 Å². The Morgan fingerprint density at radius 2 is 2.36 bits per heavy atom. The van der Waals surface area contributed by atoms with E-state index in [4.69, 9.17) is 9.84 Å². The fourth-order valence-corrected chi connectivity index (χ4v) is 1.27. The number of methoxy groups -OCH3 is 1. The minimum atomic E-state index is -1.01. The summed E-state index contributed by atoms with van der Waals surface area (Å²) in [5.74, 6) is -0.329. The highest BCUT2D eigenvalue weighted by molar-refractivity contribution is 5.93. The number of hydrogen-bond donors (Lipinski definition) is 2. The van der Waals surface area contributed by atoms with E-state index in [0.717, 1.165) is 5.52 Å². The van der Waals surface area contributed by atoms with Crippen molar-refractivity contribution in [1.29, 1.82) is 0 Å². The standard InChI is InChI=1S/C10H8NO3/c1-14-7-2-3-8-6(4-7)5-9(11-8)10(12)13/h2-4,11H,1H3,(H,12,13). The van der Waals surface area contributed by atoms with Gasteiger partial charge in [0.15, 0.2) is 0 Å². The van der Waals surface area contributed by atoms with Gasteiger partial charge in [-0.05, 0) is 18.2 Å². The lowest BCUT2D eigenvalue weighted by atomic mass is 10.2. The van der Waals surface area contributed by atoms with E-state index in [0.29, 0.717) is 11.1 Å². The van der Waals surface area contributed by atoms with Gasteiger partial charge in [0.1, 0.15) is 11.4 Å². The Morgan fingerprint density at radius 3 is 3.00 bits per heavy atom. The monoisotopic (exact) mass is 190 g/mol. The molecule has 1 aromatic heterocycles. The van der Waals surface area contributed by atoms with Crippen LogP contribution in [0.2, 0.25) is 0 Å². The van der Waals surface area contributed by atoms with Crippen molar-refractivity contribution in [2.24, 2.45) is 0 Å². The number of nitrogens with one attached hydrogen (secondary N) is 1. The van der Waals surface area contributed by atoms with E-state index in [9.17, 15) is 4.79 Å². The molecule has 2 aromatic rings. The van der Waals surface area contributed by atoms with Gasteiger partial charge in [0.05, 0.1) is 7.11 Å². The van der Waals surface area contributed by atoms with Crippen LogP contribution in [0, 0.1) is 6.07 Å². The molecular formula is C10H8NO3. The van der Waals surface area contributed by atoms with E-state index in [1.54, 1.807) is 25.3 Å². The van der Waals surface area contributed by atoms with Gasteiger partial charge < -0.3 is 14.8 Å². The quantitative estimate of drug-likeness (QED) is 0.757. The number of ether oxygens (including phenoxy) is 1. The number of hydrogen-bond acceptors (Lipinski definition) is 2. The van der Waals surface area contributed by atoms with Gasteiger partial charge in [-0.3, -0.25) is 0 Å². The Labute approximate surface area is 80.1 Å². The first-order valence-electron chi connectivity index (χ1n) is 4.03. The van der Waals surface area contributed by atoms with Gasteiger partial charge in [-0.1, -0.05) is 0 Å². The molecule has 0 unspecified atom stereocenters. The highest BCUT2D eigenvalue weighted by Gasteiger charge is 2.07. The summed E-state index contributed by atoms with van der Waals surface area (Å²) in [6, 6.07) is 7.99. The molecule has 0 atom stereocenters. The molecular weight excluding hydrogens is 182 g/mol. The molecule has 0 amide bonds. The molecule has 2 N–H and O–H groups in total. The molecule has 0 fully saturated rings. The Kier molecular flexibility index (Phi) is 1.89. The third-order valence-electron chi connectivity index (χ3n) is 1.96. The molecule has 14 heavy (non-hydrogen) atoms. The lowest BCUT2D eigenvalue weighted by molar-refractivity contribution is 0.0691. The zero-order valence-electron chi connectivity index (χ0n) is 7.50. The third kappa shape index (κ3) is 1.31. The zero-order valence-corrected chi connectivity index (χ0v) is 7.50. The molecule has 4 nitrogen and oxygen atoms in total. The van der Waals surface area contributed by atoms with E-state index >= 15 is 0 Å². The van der Waals surface area contributed by atoms with Gasteiger partial charge in [-0.15, -0.1) is 0 Å². The van der Waals surface area contributed by atoms with Crippen molar-refractivity contribution < 1.29 is 14.6 Å². The van der Waals surface area contributed by atoms with Crippen LogP contribution in [0.4, 0.5) is 0 Å². The predicted octanol–water partition coefficient (Wildman–Crippen LogP) is 1.67. The summed E-state index contributed by atoms with van der Waals surface area (Å²) in [6.45, 7) is 0. The summed E-state index contributed by atoms with van der Waals surface area (Å²) < 4.78 is 5.01. The molecule has 4 heteroatoms. The van der Waals surface area contributed by atoms with Crippen molar-refractivity contribution >= 4 is 16.9 Å². The van der Waals surface area contributed by atoms with Crippen molar-refractivity contribution in [3.05, 3.63) is 30.0 Å². The largest absolute Gasteiger partial charge is 0.497 e. The fraction of sp³-hybridized carbons (Fsp3) is 0.100. The number of carboxylic acid groups (broad SMARTS) is 1. The van der Waals surface area contributed by atoms with Crippen molar-refractivity contribution in [3.63, 3.8) is 0 Å². The molecule has 0 saturated carbocycles. The summed E-state index contributed by atoms with van der Waals surface area (Å²) in [6.07, 6.45) is 0. The summed E-state index contributed by atoms with van der Waals surface area (Å²) >= 11 is 0. The van der Waals surface area contributed by atoms with Crippen LogP contribution in [0.5, 0.6) is 5.75 Å². The molecule has 2 rings (SSSR count). The number of fused-ring (bicyclic) bond motifs is 1. The molecule has 0 spiro atoms. The minimum Gasteiger partial charge on any atom is -0.497 e. The van der Waals surface area contributed by atoms with Gasteiger partial charge in [0, 0.05) is 17.0 Å². The molecule has 71 valence electrons. The first-order valence-corrected chi connectivity index (χ1v) is 4.03. The average Bonchev–Trinajstić information content (AvgIpc) is 2.59. The average molecular weight is 190 g/mol. The second-order valence-electron chi connectivity index (χ2n) is 2.84. The van der Waals surface area contributed by atoms with Gasteiger partial charge in [0.2, 0.25) is 0 Å². The molecule has 0 saturated heterocycles. The Hall–Kier alpha value is -1.97. The number of benzene rings is 1. The maximum Gasteiger partial charge on any atom is 0.352 e. The van der Waals surface area contributed by atoms with Crippen molar-refractivity contribution in [1.82, 2.24) is 4.98 Å². The Morgan fingerprint density at radius 1 is 1.57 bits per heavy atom. The van der Waals surface area contributed by atoms with E-state index in [1.807, 2.05) is 0 Å². The Bertz CT molecular complexity index is 487. The molecule has 0 bridgehead atoms. The molecule has 1 radical (unpaired) electrons. The van der Waals surface area contributed by atoms with Crippen molar-refractivity contribution in [3.8, 4) is 5.75 Å². The van der Waals surface area contributed by atoms with Crippen molar-refractivity contribution in [2.75, 3.05) is 7.11 Å². The Balaban J connectivity index is 2.60. The summed E-state index contributed by atoms with van der Waals surface area (Å²) in [4.78, 5) is 13.4. The second kappa shape index (κ2) is 3.06. The van der Waals surface area contributed by atoms with E-state index in [1.165, 1.54) is 0 Å². The fourth-order valence-electron chi connectivity index (χ4n) is 1.27. The van der Waals surface area contributed by atoms with Crippen LogP contribution in [0.25, 0.3) is 10.9 Å². The first-order chi connectivity index (χ1) is 6.70. The van der Waals surface area contributed by atoms with Gasteiger partial charge in [0.25, 0.3) is 0 Å². The maximum atomic E-state index is 10.6. The highest BCUT2D eigenvalue weighted by atomic mass is 16.5. The van der Waals surface area contributed by atoms with Crippen LogP contribution in [0.15, 0.2) is 18.2 Å². The number of aromatic amines is 1. The van der Waals surface area contributed by atoms with Crippen LogP contribution < -0.4 is 4.74 Å². The molecule has 1 aromatic carbocycles. The van der Waals surface area contributed by atoms with Crippen LogP contribution in [-0.2, 0) is 0 Å². The van der Waals surface area contributed by atoms with Gasteiger partial charge >= 0.3 is 5.97 Å². The molecule has 0 aliphatic rings. The number of aromatic carboxylic acids is 1. The van der Waals surface area contributed by atoms with Crippen LogP contribution in [0.3, 0.4) is 0 Å². The second-order valence-corrected chi connectivity index (χ2v) is 2.84. The lowest BCUT2D eigenvalue weighted by Gasteiger charge is -1.97. The molecule has 1 heterocycles. The van der Waals surface area contributed by atoms with Crippen LogP contribution in [-0.4, -0.2) is 23.2 Å². The normalized spacial score (nSPS) is 10.4. The number of carbonyl (C=O) groups is 1. The maximum absolute atomic E-state index is 10.6. The highest BCUT2D eigenvalue weighted by Crippen LogP contribution is 2.20. The summed E-state index contributed by atoms with van der Waals surface area (Å²) in [5, 5.41) is 9.43. The van der Waals surface area contributed by atoms with Gasteiger partial charge in [-0.25, -0.2) is 4.79 Å². The van der Waals surface area contributed by atoms with Crippen molar-refractivity contribution in [2.45, 2.75) is 0 Å². The van der Waals surface area contributed by atoms with E-state index < -0.39 is 5.97 Å². The topological polar surface area (TPSA) is 62.3 Å². The molecule has 0 aliphatic carbocycles. The lowest BCUT2D eigenvalue weighted by Crippen LogP contribution is -1.94. The third-order valence-corrected chi connectivity index (χ3v) is 1.96. The van der Waals surface area contributed by atoms with E-state index in [2.05, 4.69) is 11.1 Å². The first kappa shape index (κ1) is 8.62. The zero-order chi connectivity index (χ0) is 10.1. The molecule has 0 aliphatic heterocycles. The number of carboxylic acids is 1. The number of H-pyrrole nitrogens is 1. The predicted molar refractivity (Wildman–Crippen MR) is 50.6 cm³/mol.